The second kappa shape index (κ2) is 6.99. The summed E-state index contributed by atoms with van der Waals surface area (Å²) in [6.45, 7) is 2.04. The minimum atomic E-state index is -0.422. The van der Waals surface area contributed by atoms with E-state index in [0.29, 0.717) is 22.5 Å². The molecule has 0 bridgehead atoms. The van der Waals surface area contributed by atoms with Crippen LogP contribution in [0.2, 0.25) is 0 Å². The van der Waals surface area contributed by atoms with Crippen LogP contribution < -0.4 is 5.32 Å². The highest BCUT2D eigenvalue weighted by Gasteiger charge is 2.10. The minimum absolute atomic E-state index is 0.283. The maximum Gasteiger partial charge on any atom is 0.338 e. The third-order valence-corrected chi connectivity index (χ3v) is 3.02. The number of nitrogens with one attached hydrogen (secondary N) is 1. The number of carbonyl (C=O) groups excluding carboxylic acids is 2. The molecule has 0 spiro atoms. The number of amides is 1. The van der Waals surface area contributed by atoms with Crippen LogP contribution in [0.3, 0.4) is 0 Å². The standard InChI is InChI=1S/C15H13BrN2O3/c1-2-21-15(20)10-5-3-6-11(9-10)17-14(19)12-7-4-8-13(16)18-12/h3-9H,2H2,1H3,(H,17,19). The summed E-state index contributed by atoms with van der Waals surface area (Å²) in [5, 5.41) is 2.69. The van der Waals surface area contributed by atoms with Crippen LogP contribution in [0.25, 0.3) is 0 Å². The van der Waals surface area contributed by atoms with E-state index in [1.165, 1.54) is 0 Å². The summed E-state index contributed by atoms with van der Waals surface area (Å²) < 4.78 is 5.50. The van der Waals surface area contributed by atoms with E-state index >= 15 is 0 Å². The van der Waals surface area contributed by atoms with Gasteiger partial charge in [0.05, 0.1) is 12.2 Å². The van der Waals surface area contributed by atoms with Gasteiger partial charge in [-0.25, -0.2) is 9.78 Å². The number of halogens is 1. The molecule has 1 heterocycles. The minimum Gasteiger partial charge on any atom is -0.462 e. The fraction of sp³-hybridized carbons (Fsp3) is 0.133. The van der Waals surface area contributed by atoms with Gasteiger partial charge in [0.15, 0.2) is 0 Å². The van der Waals surface area contributed by atoms with Crippen LogP contribution in [0.15, 0.2) is 47.1 Å². The number of benzene rings is 1. The van der Waals surface area contributed by atoms with E-state index in [1.54, 1.807) is 49.4 Å². The maximum atomic E-state index is 12.1. The molecule has 0 aliphatic rings. The maximum absolute atomic E-state index is 12.1. The Morgan fingerprint density at radius 1 is 1.24 bits per heavy atom. The van der Waals surface area contributed by atoms with Crippen molar-refractivity contribution in [3.63, 3.8) is 0 Å². The van der Waals surface area contributed by atoms with Crippen LogP contribution in [0, 0.1) is 0 Å². The molecule has 0 saturated heterocycles. The van der Waals surface area contributed by atoms with Crippen LogP contribution in [-0.2, 0) is 4.74 Å². The van der Waals surface area contributed by atoms with Gasteiger partial charge in [0.2, 0.25) is 0 Å². The predicted octanol–water partition coefficient (Wildman–Crippen LogP) is 3.27. The first-order valence-electron chi connectivity index (χ1n) is 6.31. The van der Waals surface area contributed by atoms with Crippen LogP contribution in [0.5, 0.6) is 0 Å². The van der Waals surface area contributed by atoms with Crippen molar-refractivity contribution in [2.24, 2.45) is 0 Å². The number of carbonyl (C=O) groups is 2. The molecule has 6 heteroatoms. The number of hydrogen-bond donors (Lipinski definition) is 1. The fourth-order valence-electron chi connectivity index (χ4n) is 1.67. The molecule has 2 rings (SSSR count). The Kier molecular flexibility index (Phi) is 5.05. The third-order valence-electron chi connectivity index (χ3n) is 2.58. The summed E-state index contributed by atoms with van der Waals surface area (Å²) in [6.07, 6.45) is 0. The van der Waals surface area contributed by atoms with E-state index in [4.69, 9.17) is 4.74 Å². The quantitative estimate of drug-likeness (QED) is 0.680. The van der Waals surface area contributed by atoms with Crippen molar-refractivity contribution < 1.29 is 14.3 Å². The normalized spacial score (nSPS) is 10.0. The average Bonchev–Trinajstić information content (AvgIpc) is 2.48. The molecule has 0 saturated carbocycles. The fourth-order valence-corrected chi connectivity index (χ4v) is 2.01. The van der Waals surface area contributed by atoms with Gasteiger partial charge >= 0.3 is 5.97 Å². The van der Waals surface area contributed by atoms with Crippen molar-refractivity contribution in [1.29, 1.82) is 0 Å². The SMILES string of the molecule is CCOC(=O)c1cccc(NC(=O)c2cccc(Br)n2)c1. The zero-order valence-electron chi connectivity index (χ0n) is 11.3. The summed E-state index contributed by atoms with van der Waals surface area (Å²) in [7, 11) is 0. The molecule has 1 aromatic heterocycles. The van der Waals surface area contributed by atoms with Crippen LogP contribution in [-0.4, -0.2) is 23.5 Å². The summed E-state index contributed by atoms with van der Waals surface area (Å²) in [5.74, 6) is -0.772. The Morgan fingerprint density at radius 3 is 2.71 bits per heavy atom. The molecule has 0 radical (unpaired) electrons. The largest absolute Gasteiger partial charge is 0.462 e. The molecular weight excluding hydrogens is 336 g/mol. The van der Waals surface area contributed by atoms with Gasteiger partial charge in [0, 0.05) is 5.69 Å². The first-order valence-corrected chi connectivity index (χ1v) is 7.10. The van der Waals surface area contributed by atoms with E-state index in [0.717, 1.165) is 0 Å². The zero-order chi connectivity index (χ0) is 15.2. The van der Waals surface area contributed by atoms with Gasteiger partial charge in [-0.05, 0) is 53.2 Å². The average molecular weight is 349 g/mol. The third kappa shape index (κ3) is 4.13. The Bertz CT molecular complexity index is 673. The van der Waals surface area contributed by atoms with E-state index in [2.05, 4.69) is 26.2 Å². The lowest BCUT2D eigenvalue weighted by Gasteiger charge is -2.07. The van der Waals surface area contributed by atoms with Gasteiger partial charge in [-0.2, -0.15) is 0 Å². The predicted molar refractivity (Wildman–Crippen MR) is 82.3 cm³/mol. The van der Waals surface area contributed by atoms with Gasteiger partial charge in [-0.15, -0.1) is 0 Å². The molecule has 1 amide bonds. The van der Waals surface area contributed by atoms with E-state index in [9.17, 15) is 9.59 Å². The molecule has 0 unspecified atom stereocenters. The van der Waals surface area contributed by atoms with Gasteiger partial charge in [0.25, 0.3) is 5.91 Å². The van der Waals surface area contributed by atoms with Crippen LogP contribution in [0.4, 0.5) is 5.69 Å². The lowest BCUT2D eigenvalue weighted by molar-refractivity contribution is 0.0526. The molecule has 0 aliphatic carbocycles. The van der Waals surface area contributed by atoms with Crippen LogP contribution >= 0.6 is 15.9 Å². The molecule has 1 N–H and O–H groups in total. The molecule has 108 valence electrons. The molecule has 1 aromatic carbocycles. The molecule has 0 atom stereocenters. The Hall–Kier alpha value is -2.21. The molecular formula is C15H13BrN2O3. The van der Waals surface area contributed by atoms with E-state index in [1.807, 2.05) is 0 Å². The summed E-state index contributed by atoms with van der Waals surface area (Å²) in [6, 6.07) is 11.6. The number of esters is 1. The first-order chi connectivity index (χ1) is 10.1. The molecule has 0 fully saturated rings. The van der Waals surface area contributed by atoms with Gasteiger partial charge in [0.1, 0.15) is 10.3 Å². The van der Waals surface area contributed by atoms with Crippen molar-refractivity contribution in [2.45, 2.75) is 6.92 Å². The molecule has 21 heavy (non-hydrogen) atoms. The number of nitrogens with zero attached hydrogens (tertiary/aromatic N) is 1. The first kappa shape index (κ1) is 15.2. The van der Waals surface area contributed by atoms with Crippen LogP contribution in [0.1, 0.15) is 27.8 Å². The summed E-state index contributed by atoms with van der Waals surface area (Å²) in [4.78, 5) is 27.8. The van der Waals surface area contributed by atoms with Gasteiger partial charge in [-0.1, -0.05) is 12.1 Å². The smallest absolute Gasteiger partial charge is 0.338 e. The van der Waals surface area contributed by atoms with Crippen molar-refractivity contribution in [1.82, 2.24) is 4.98 Å². The topological polar surface area (TPSA) is 68.3 Å². The lowest BCUT2D eigenvalue weighted by atomic mass is 10.2. The second-order valence-electron chi connectivity index (χ2n) is 4.10. The highest BCUT2D eigenvalue weighted by atomic mass is 79.9. The van der Waals surface area contributed by atoms with E-state index < -0.39 is 5.97 Å². The number of rotatable bonds is 4. The molecule has 5 nitrogen and oxygen atoms in total. The second-order valence-corrected chi connectivity index (χ2v) is 4.91. The van der Waals surface area contributed by atoms with Crippen molar-refractivity contribution >= 4 is 33.5 Å². The number of hydrogen-bond acceptors (Lipinski definition) is 4. The van der Waals surface area contributed by atoms with Crippen molar-refractivity contribution in [3.8, 4) is 0 Å². The van der Waals surface area contributed by atoms with E-state index in [-0.39, 0.29) is 11.6 Å². The number of pyridine rings is 1. The highest BCUT2D eigenvalue weighted by molar-refractivity contribution is 9.10. The number of ether oxygens (including phenoxy) is 1. The number of aromatic nitrogens is 1. The Labute approximate surface area is 130 Å². The molecule has 0 aliphatic heterocycles. The van der Waals surface area contributed by atoms with Gasteiger partial charge in [-0.3, -0.25) is 4.79 Å². The van der Waals surface area contributed by atoms with Crippen molar-refractivity contribution in [3.05, 3.63) is 58.3 Å². The summed E-state index contributed by atoms with van der Waals surface area (Å²) in [5.41, 5.74) is 1.18. The monoisotopic (exact) mass is 348 g/mol. The van der Waals surface area contributed by atoms with Gasteiger partial charge < -0.3 is 10.1 Å². The molecule has 2 aromatic rings. The Balaban J connectivity index is 2.14. The zero-order valence-corrected chi connectivity index (χ0v) is 12.9. The number of anilines is 1. The Morgan fingerprint density at radius 2 is 2.00 bits per heavy atom. The highest BCUT2D eigenvalue weighted by Crippen LogP contribution is 2.14. The summed E-state index contributed by atoms with van der Waals surface area (Å²) >= 11 is 3.21. The van der Waals surface area contributed by atoms with Crippen molar-refractivity contribution in [2.75, 3.05) is 11.9 Å². The lowest BCUT2D eigenvalue weighted by Crippen LogP contribution is -2.14.